The first kappa shape index (κ1) is 12.2. The van der Waals surface area contributed by atoms with Gasteiger partial charge in [-0.3, -0.25) is 9.69 Å². The van der Waals surface area contributed by atoms with Crippen molar-refractivity contribution in [2.45, 2.75) is 37.8 Å². The van der Waals surface area contributed by atoms with Gasteiger partial charge in [0, 0.05) is 6.54 Å². The Bertz CT molecular complexity index is 333. The lowest BCUT2D eigenvalue weighted by atomic mass is 9.88. The summed E-state index contributed by atoms with van der Waals surface area (Å²) in [6.45, 7) is 3.45. The van der Waals surface area contributed by atoms with Gasteiger partial charge in [0.15, 0.2) is 0 Å². The highest BCUT2D eigenvalue weighted by Crippen LogP contribution is 2.28. The predicted octanol–water partition coefficient (Wildman–Crippen LogP) is 0.424. The van der Waals surface area contributed by atoms with Crippen molar-refractivity contribution in [2.75, 3.05) is 19.6 Å². The average molecular weight is 242 g/mol. The SMILES string of the molecule is CC1(C(=O)O)CCCCN1CC1CNC(=O)O1. The fraction of sp³-hybridized carbons (Fsp3) is 0.818. The number of carboxylic acid groups (broad SMARTS) is 1. The van der Waals surface area contributed by atoms with Crippen LogP contribution in [0.1, 0.15) is 26.2 Å². The summed E-state index contributed by atoms with van der Waals surface area (Å²) in [7, 11) is 0. The van der Waals surface area contributed by atoms with Crippen LogP contribution in [0.25, 0.3) is 0 Å². The van der Waals surface area contributed by atoms with Crippen LogP contribution in [0, 0.1) is 0 Å². The number of cyclic esters (lactones) is 1. The summed E-state index contributed by atoms with van der Waals surface area (Å²) in [4.78, 5) is 24.2. The average Bonchev–Trinajstić information content (AvgIpc) is 2.67. The van der Waals surface area contributed by atoms with Gasteiger partial charge in [0.1, 0.15) is 11.6 Å². The molecule has 2 heterocycles. The van der Waals surface area contributed by atoms with E-state index in [1.807, 2.05) is 4.90 Å². The Morgan fingerprint density at radius 2 is 2.41 bits per heavy atom. The van der Waals surface area contributed by atoms with Crippen molar-refractivity contribution < 1.29 is 19.4 Å². The summed E-state index contributed by atoms with van der Waals surface area (Å²) in [5.41, 5.74) is -0.826. The van der Waals surface area contributed by atoms with Crippen molar-refractivity contribution in [3.63, 3.8) is 0 Å². The molecule has 0 spiro atoms. The maximum Gasteiger partial charge on any atom is 0.407 e. The Kier molecular flexibility index (Phi) is 3.24. The summed E-state index contributed by atoms with van der Waals surface area (Å²) in [5.74, 6) is -0.797. The van der Waals surface area contributed by atoms with Crippen LogP contribution in [0.4, 0.5) is 4.79 Å². The Morgan fingerprint density at radius 1 is 1.65 bits per heavy atom. The molecule has 0 aliphatic carbocycles. The van der Waals surface area contributed by atoms with Crippen LogP contribution in [0.2, 0.25) is 0 Å². The number of carbonyl (C=O) groups is 2. The minimum atomic E-state index is -0.826. The summed E-state index contributed by atoms with van der Waals surface area (Å²) in [6, 6.07) is 0. The monoisotopic (exact) mass is 242 g/mol. The maximum absolute atomic E-state index is 11.4. The molecular weight excluding hydrogens is 224 g/mol. The van der Waals surface area contributed by atoms with Crippen LogP contribution in [0.5, 0.6) is 0 Å². The first-order valence-electron chi connectivity index (χ1n) is 5.95. The summed E-state index contributed by atoms with van der Waals surface area (Å²) >= 11 is 0. The van der Waals surface area contributed by atoms with E-state index in [4.69, 9.17) is 4.74 Å². The quantitative estimate of drug-likeness (QED) is 0.750. The molecule has 17 heavy (non-hydrogen) atoms. The molecule has 0 bridgehead atoms. The third-order valence-corrected chi connectivity index (χ3v) is 3.67. The van der Waals surface area contributed by atoms with E-state index in [0.29, 0.717) is 19.5 Å². The fourth-order valence-electron chi connectivity index (χ4n) is 2.49. The Balaban J connectivity index is 2.02. The van der Waals surface area contributed by atoms with Gasteiger partial charge < -0.3 is 15.2 Å². The molecule has 0 aromatic rings. The second-order valence-corrected chi connectivity index (χ2v) is 4.89. The second-order valence-electron chi connectivity index (χ2n) is 4.89. The van der Waals surface area contributed by atoms with Gasteiger partial charge in [-0.2, -0.15) is 0 Å². The van der Waals surface area contributed by atoms with E-state index in [1.54, 1.807) is 6.92 Å². The smallest absolute Gasteiger partial charge is 0.407 e. The second kappa shape index (κ2) is 4.52. The molecule has 6 heteroatoms. The summed E-state index contributed by atoms with van der Waals surface area (Å²) < 4.78 is 5.05. The topological polar surface area (TPSA) is 78.9 Å². The van der Waals surface area contributed by atoms with Crippen molar-refractivity contribution >= 4 is 12.1 Å². The molecule has 2 rings (SSSR count). The Hall–Kier alpha value is -1.30. The van der Waals surface area contributed by atoms with E-state index in [0.717, 1.165) is 19.4 Å². The van der Waals surface area contributed by atoms with Crippen LogP contribution >= 0.6 is 0 Å². The van der Waals surface area contributed by atoms with Gasteiger partial charge in [-0.25, -0.2) is 4.79 Å². The van der Waals surface area contributed by atoms with Gasteiger partial charge in [-0.15, -0.1) is 0 Å². The molecule has 0 saturated carbocycles. The highest BCUT2D eigenvalue weighted by Gasteiger charge is 2.42. The van der Waals surface area contributed by atoms with Gasteiger partial charge in [0.2, 0.25) is 0 Å². The first-order valence-corrected chi connectivity index (χ1v) is 5.95. The number of carboxylic acids is 1. The Labute approximate surface area is 99.9 Å². The molecule has 2 aliphatic heterocycles. The molecule has 2 N–H and O–H groups in total. The van der Waals surface area contributed by atoms with E-state index in [2.05, 4.69) is 5.32 Å². The third-order valence-electron chi connectivity index (χ3n) is 3.67. The molecule has 1 amide bonds. The number of alkyl carbamates (subject to hydrolysis) is 1. The number of hydrogen-bond acceptors (Lipinski definition) is 4. The van der Waals surface area contributed by atoms with Gasteiger partial charge in [-0.1, -0.05) is 0 Å². The van der Waals surface area contributed by atoms with E-state index in [9.17, 15) is 14.7 Å². The maximum atomic E-state index is 11.4. The third kappa shape index (κ3) is 2.36. The number of piperidine rings is 1. The van der Waals surface area contributed by atoms with Crippen molar-refractivity contribution in [1.29, 1.82) is 0 Å². The molecule has 2 saturated heterocycles. The lowest BCUT2D eigenvalue weighted by Crippen LogP contribution is -2.57. The molecule has 2 fully saturated rings. The number of rotatable bonds is 3. The van der Waals surface area contributed by atoms with Gasteiger partial charge >= 0.3 is 12.1 Å². The molecule has 96 valence electrons. The molecule has 2 aliphatic rings. The number of ether oxygens (including phenoxy) is 1. The van der Waals surface area contributed by atoms with E-state index in [1.165, 1.54) is 0 Å². The minimum absolute atomic E-state index is 0.237. The van der Waals surface area contributed by atoms with Gasteiger partial charge in [-0.05, 0) is 32.7 Å². The summed E-state index contributed by atoms with van der Waals surface area (Å²) in [5, 5.41) is 11.9. The lowest BCUT2D eigenvalue weighted by Gasteiger charge is -2.42. The highest BCUT2D eigenvalue weighted by atomic mass is 16.6. The molecular formula is C11H18N2O4. The number of aliphatic carboxylic acids is 1. The van der Waals surface area contributed by atoms with Crippen molar-refractivity contribution in [3.05, 3.63) is 0 Å². The number of hydrogen-bond donors (Lipinski definition) is 2. The molecule has 2 unspecified atom stereocenters. The Morgan fingerprint density at radius 3 is 3.00 bits per heavy atom. The van der Waals surface area contributed by atoms with E-state index >= 15 is 0 Å². The van der Waals surface area contributed by atoms with E-state index < -0.39 is 17.6 Å². The number of likely N-dealkylation sites (tertiary alicyclic amines) is 1. The largest absolute Gasteiger partial charge is 0.480 e. The first-order chi connectivity index (χ1) is 8.02. The van der Waals surface area contributed by atoms with Crippen molar-refractivity contribution in [3.8, 4) is 0 Å². The van der Waals surface area contributed by atoms with Crippen LogP contribution in [-0.2, 0) is 9.53 Å². The normalized spacial score (nSPS) is 34.2. The van der Waals surface area contributed by atoms with Crippen molar-refractivity contribution in [1.82, 2.24) is 10.2 Å². The molecule has 0 aromatic heterocycles. The van der Waals surface area contributed by atoms with Gasteiger partial charge in [0.25, 0.3) is 0 Å². The van der Waals surface area contributed by atoms with Crippen LogP contribution in [0.3, 0.4) is 0 Å². The number of carbonyl (C=O) groups excluding carboxylic acids is 1. The zero-order valence-electron chi connectivity index (χ0n) is 9.94. The number of amides is 1. The molecule has 0 aromatic carbocycles. The minimum Gasteiger partial charge on any atom is -0.480 e. The van der Waals surface area contributed by atoms with Crippen LogP contribution in [-0.4, -0.2) is 53.3 Å². The van der Waals surface area contributed by atoms with Gasteiger partial charge in [0.05, 0.1) is 6.54 Å². The summed E-state index contributed by atoms with van der Waals surface area (Å²) in [6.07, 6.45) is 1.93. The van der Waals surface area contributed by atoms with Crippen LogP contribution in [0.15, 0.2) is 0 Å². The zero-order valence-corrected chi connectivity index (χ0v) is 9.94. The lowest BCUT2D eigenvalue weighted by molar-refractivity contribution is -0.153. The number of nitrogens with one attached hydrogen (secondary N) is 1. The molecule has 2 atom stereocenters. The van der Waals surface area contributed by atoms with E-state index in [-0.39, 0.29) is 6.10 Å². The standard InChI is InChI=1S/C11H18N2O4/c1-11(9(14)15)4-2-3-5-13(11)7-8-6-12-10(16)17-8/h8H,2-7H2,1H3,(H,12,16)(H,14,15). The zero-order chi connectivity index (χ0) is 12.5. The fourth-order valence-corrected chi connectivity index (χ4v) is 2.49. The molecule has 6 nitrogen and oxygen atoms in total. The van der Waals surface area contributed by atoms with Crippen molar-refractivity contribution in [2.24, 2.45) is 0 Å². The highest BCUT2D eigenvalue weighted by molar-refractivity contribution is 5.78. The number of nitrogens with zero attached hydrogens (tertiary/aromatic N) is 1. The predicted molar refractivity (Wildman–Crippen MR) is 59.7 cm³/mol. The van der Waals surface area contributed by atoms with Crippen LogP contribution < -0.4 is 5.32 Å². The molecule has 0 radical (unpaired) electrons.